The van der Waals surface area contributed by atoms with Crippen molar-refractivity contribution in [2.45, 2.75) is 19.0 Å². The van der Waals surface area contributed by atoms with Gasteiger partial charge in [-0.3, -0.25) is 4.79 Å². The minimum absolute atomic E-state index is 0.0269. The Balaban J connectivity index is 1.89. The van der Waals surface area contributed by atoms with Gasteiger partial charge in [-0.2, -0.15) is 0 Å². The molecular weight excluding hydrogens is 346 g/mol. The van der Waals surface area contributed by atoms with Crippen LogP contribution in [0.1, 0.15) is 22.3 Å². The zero-order chi connectivity index (χ0) is 17.2. The number of hydrogen-bond donors (Lipinski definition) is 0. The van der Waals surface area contributed by atoms with Crippen LogP contribution in [-0.2, 0) is 16.4 Å². The fourth-order valence-corrected chi connectivity index (χ4v) is 4.78. The molecule has 2 aromatic rings. The summed E-state index contributed by atoms with van der Waals surface area (Å²) in [4.78, 5) is 14.6. The van der Waals surface area contributed by atoms with E-state index in [1.54, 1.807) is 29.2 Å². The van der Waals surface area contributed by atoms with Gasteiger partial charge in [0.05, 0.1) is 11.5 Å². The number of nitrogens with zero attached hydrogens (tertiary/aromatic N) is 1. The third kappa shape index (κ3) is 3.97. The van der Waals surface area contributed by atoms with E-state index < -0.39 is 9.84 Å². The van der Waals surface area contributed by atoms with E-state index >= 15 is 0 Å². The lowest BCUT2D eigenvalue weighted by atomic mass is 10.1. The second-order valence-corrected chi connectivity index (χ2v) is 8.65. The fourth-order valence-electron chi connectivity index (χ4n) is 2.93. The van der Waals surface area contributed by atoms with Crippen molar-refractivity contribution in [2.24, 2.45) is 0 Å². The van der Waals surface area contributed by atoms with Gasteiger partial charge in [0.1, 0.15) is 0 Å². The molecule has 0 bridgehead atoms. The topological polar surface area (TPSA) is 54.5 Å². The van der Waals surface area contributed by atoms with Crippen LogP contribution in [0, 0.1) is 0 Å². The van der Waals surface area contributed by atoms with Crippen LogP contribution < -0.4 is 0 Å². The molecule has 1 amide bonds. The molecule has 1 heterocycles. The van der Waals surface area contributed by atoms with Gasteiger partial charge in [0.15, 0.2) is 9.84 Å². The largest absolute Gasteiger partial charge is 0.330 e. The molecule has 0 aliphatic carbocycles. The van der Waals surface area contributed by atoms with Gasteiger partial charge in [-0.1, -0.05) is 41.9 Å². The summed E-state index contributed by atoms with van der Waals surface area (Å²) in [6.07, 6.45) is 0.481. The predicted molar refractivity (Wildman–Crippen MR) is 94.8 cm³/mol. The molecule has 1 fully saturated rings. The lowest BCUT2D eigenvalue weighted by Gasteiger charge is -2.28. The highest BCUT2D eigenvalue weighted by Crippen LogP contribution is 2.23. The molecule has 1 aliphatic rings. The van der Waals surface area contributed by atoms with Gasteiger partial charge in [-0.15, -0.1) is 0 Å². The van der Waals surface area contributed by atoms with Crippen LogP contribution >= 0.6 is 11.6 Å². The van der Waals surface area contributed by atoms with Gasteiger partial charge >= 0.3 is 0 Å². The van der Waals surface area contributed by atoms with Crippen LogP contribution in [0.4, 0.5) is 0 Å². The molecule has 0 spiro atoms. The van der Waals surface area contributed by atoms with Gasteiger partial charge in [-0.25, -0.2) is 8.42 Å². The van der Waals surface area contributed by atoms with Gasteiger partial charge < -0.3 is 4.90 Å². The summed E-state index contributed by atoms with van der Waals surface area (Å²) in [5, 5.41) is 0.560. The summed E-state index contributed by atoms with van der Waals surface area (Å²) in [5.74, 6) is -0.00615. The summed E-state index contributed by atoms with van der Waals surface area (Å²) in [7, 11) is -3.07. The number of rotatable bonds is 4. The van der Waals surface area contributed by atoms with Gasteiger partial charge in [-0.05, 0) is 36.2 Å². The van der Waals surface area contributed by atoms with Crippen molar-refractivity contribution >= 4 is 27.3 Å². The Kier molecular flexibility index (Phi) is 4.92. The molecule has 6 heteroatoms. The number of benzene rings is 2. The highest BCUT2D eigenvalue weighted by Gasteiger charge is 2.35. The van der Waals surface area contributed by atoms with Gasteiger partial charge in [0, 0.05) is 23.2 Å². The number of amides is 1. The summed E-state index contributed by atoms with van der Waals surface area (Å²) < 4.78 is 23.7. The number of sulfone groups is 1. The molecule has 1 aliphatic heterocycles. The van der Waals surface area contributed by atoms with E-state index in [0.717, 1.165) is 5.56 Å². The molecule has 24 heavy (non-hydrogen) atoms. The minimum atomic E-state index is -3.07. The highest BCUT2D eigenvalue weighted by molar-refractivity contribution is 7.91. The van der Waals surface area contributed by atoms with Crippen molar-refractivity contribution in [1.82, 2.24) is 4.90 Å². The van der Waals surface area contributed by atoms with Crippen molar-refractivity contribution in [3.05, 3.63) is 70.7 Å². The summed E-state index contributed by atoms with van der Waals surface area (Å²) in [6.45, 7) is 0.391. The third-order valence-electron chi connectivity index (χ3n) is 4.20. The van der Waals surface area contributed by atoms with E-state index in [0.29, 0.717) is 23.6 Å². The number of carbonyl (C=O) groups is 1. The van der Waals surface area contributed by atoms with Crippen molar-refractivity contribution in [3.63, 3.8) is 0 Å². The summed E-state index contributed by atoms with van der Waals surface area (Å²) in [6, 6.07) is 16.0. The summed E-state index contributed by atoms with van der Waals surface area (Å²) >= 11 is 5.89. The Morgan fingerprint density at radius 1 is 1.08 bits per heavy atom. The molecule has 2 aromatic carbocycles. The number of hydrogen-bond acceptors (Lipinski definition) is 3. The first-order valence-corrected chi connectivity index (χ1v) is 9.95. The van der Waals surface area contributed by atoms with Crippen LogP contribution in [0.25, 0.3) is 0 Å². The monoisotopic (exact) mass is 363 g/mol. The Morgan fingerprint density at radius 3 is 2.33 bits per heavy atom. The van der Waals surface area contributed by atoms with E-state index in [-0.39, 0.29) is 23.5 Å². The quantitative estimate of drug-likeness (QED) is 0.838. The van der Waals surface area contributed by atoms with E-state index in [1.807, 2.05) is 30.3 Å². The van der Waals surface area contributed by atoms with Gasteiger partial charge in [0.2, 0.25) is 0 Å². The first kappa shape index (κ1) is 17.0. The molecule has 1 saturated heterocycles. The van der Waals surface area contributed by atoms with Crippen molar-refractivity contribution in [3.8, 4) is 0 Å². The molecule has 126 valence electrons. The average Bonchev–Trinajstić information content (AvgIpc) is 2.93. The second kappa shape index (κ2) is 6.95. The Hall–Kier alpha value is -1.85. The lowest BCUT2D eigenvalue weighted by Crippen LogP contribution is -2.40. The maximum absolute atomic E-state index is 12.9. The maximum Gasteiger partial charge on any atom is 0.254 e. The Bertz CT molecular complexity index is 819. The zero-order valence-electron chi connectivity index (χ0n) is 13.1. The summed E-state index contributed by atoms with van der Waals surface area (Å²) in [5.41, 5.74) is 1.49. The molecule has 0 saturated carbocycles. The number of carbonyl (C=O) groups excluding carboxylic acids is 1. The number of halogens is 1. The predicted octanol–water partition coefficient (Wildman–Crippen LogP) is 3.17. The maximum atomic E-state index is 12.9. The molecular formula is C18H18ClNO3S. The molecule has 4 nitrogen and oxygen atoms in total. The molecule has 3 rings (SSSR count). The smallest absolute Gasteiger partial charge is 0.254 e. The molecule has 0 N–H and O–H groups in total. The van der Waals surface area contributed by atoms with E-state index in [1.165, 1.54) is 0 Å². The SMILES string of the molecule is O=C(c1ccc(Cl)cc1)N(Cc1ccccc1)C1CCS(=O)(=O)C1. The van der Waals surface area contributed by atoms with Crippen LogP contribution in [-0.4, -0.2) is 36.8 Å². The lowest BCUT2D eigenvalue weighted by molar-refractivity contribution is 0.0681. The molecule has 0 aromatic heterocycles. The minimum Gasteiger partial charge on any atom is -0.330 e. The zero-order valence-corrected chi connectivity index (χ0v) is 14.6. The van der Waals surface area contributed by atoms with E-state index in [4.69, 9.17) is 11.6 Å². The van der Waals surface area contributed by atoms with E-state index in [9.17, 15) is 13.2 Å². The average molecular weight is 364 g/mol. The first-order valence-electron chi connectivity index (χ1n) is 7.75. The second-order valence-electron chi connectivity index (χ2n) is 5.98. The van der Waals surface area contributed by atoms with Crippen LogP contribution in [0.3, 0.4) is 0 Å². The fraction of sp³-hybridized carbons (Fsp3) is 0.278. The molecule has 1 atom stereocenters. The van der Waals surface area contributed by atoms with Gasteiger partial charge in [0.25, 0.3) is 5.91 Å². The first-order chi connectivity index (χ1) is 11.4. The van der Waals surface area contributed by atoms with Crippen LogP contribution in [0.5, 0.6) is 0 Å². The molecule has 1 unspecified atom stereocenters. The van der Waals surface area contributed by atoms with E-state index in [2.05, 4.69) is 0 Å². The van der Waals surface area contributed by atoms with Crippen molar-refractivity contribution < 1.29 is 13.2 Å². The Labute approximate surface area is 147 Å². The Morgan fingerprint density at radius 2 is 1.75 bits per heavy atom. The van der Waals surface area contributed by atoms with Crippen molar-refractivity contribution in [1.29, 1.82) is 0 Å². The normalized spacial score (nSPS) is 19.1. The van der Waals surface area contributed by atoms with Crippen LogP contribution in [0.2, 0.25) is 5.02 Å². The van der Waals surface area contributed by atoms with Crippen molar-refractivity contribution in [2.75, 3.05) is 11.5 Å². The highest BCUT2D eigenvalue weighted by atomic mass is 35.5. The van der Waals surface area contributed by atoms with Crippen LogP contribution in [0.15, 0.2) is 54.6 Å². The standard InChI is InChI=1S/C18H18ClNO3S/c19-16-8-6-15(7-9-16)18(21)20(12-14-4-2-1-3-5-14)17-10-11-24(22,23)13-17/h1-9,17H,10-13H2. The molecule has 0 radical (unpaired) electrons. The third-order valence-corrected chi connectivity index (χ3v) is 6.20.